The summed E-state index contributed by atoms with van der Waals surface area (Å²) in [5.41, 5.74) is 5.23. The number of hydrogen-bond acceptors (Lipinski definition) is 1. The number of nitriles is 1. The third-order valence-electron chi connectivity index (χ3n) is 4.13. The molecular weight excluding hydrogens is 335 g/mol. The predicted molar refractivity (Wildman–Crippen MR) is 100 cm³/mol. The molecule has 4 heteroatoms. The molecule has 3 rings (SSSR count). The maximum absolute atomic E-state index is 13.2. The van der Waals surface area contributed by atoms with E-state index in [1.54, 1.807) is 24.3 Å². The van der Waals surface area contributed by atoms with Crippen molar-refractivity contribution >= 4 is 23.3 Å². The first-order valence-electron chi connectivity index (χ1n) is 7.82. The number of halogens is 2. The lowest BCUT2D eigenvalue weighted by Gasteiger charge is -2.09. The van der Waals surface area contributed by atoms with Crippen LogP contribution < -0.4 is 0 Å². The van der Waals surface area contributed by atoms with Crippen LogP contribution in [0.2, 0.25) is 5.02 Å². The summed E-state index contributed by atoms with van der Waals surface area (Å²) in [5.74, 6) is -0.263. The fraction of sp³-hybridized carbons (Fsp3) is 0.0952. The number of aryl methyl sites for hydroxylation is 1. The van der Waals surface area contributed by atoms with Crippen molar-refractivity contribution in [3.63, 3.8) is 0 Å². The largest absolute Gasteiger partial charge is 0.318 e. The first kappa shape index (κ1) is 17.0. The van der Waals surface area contributed by atoms with Gasteiger partial charge in [0.1, 0.15) is 5.82 Å². The monoisotopic (exact) mass is 350 g/mol. The molecule has 0 atom stereocenters. The number of aromatic nitrogens is 1. The van der Waals surface area contributed by atoms with Crippen LogP contribution in [-0.4, -0.2) is 4.57 Å². The van der Waals surface area contributed by atoms with Crippen molar-refractivity contribution < 1.29 is 4.39 Å². The Labute approximate surface area is 151 Å². The van der Waals surface area contributed by atoms with Crippen LogP contribution in [0, 0.1) is 31.0 Å². The van der Waals surface area contributed by atoms with E-state index in [2.05, 4.69) is 6.07 Å². The molecule has 3 aromatic rings. The van der Waals surface area contributed by atoms with Gasteiger partial charge in [-0.25, -0.2) is 4.39 Å². The molecule has 1 aromatic heterocycles. The van der Waals surface area contributed by atoms with Gasteiger partial charge < -0.3 is 4.57 Å². The molecule has 0 spiro atoms. The summed E-state index contributed by atoms with van der Waals surface area (Å²) in [5, 5.41) is 10.2. The highest BCUT2D eigenvalue weighted by molar-refractivity contribution is 6.30. The molecule has 0 saturated carbocycles. The van der Waals surface area contributed by atoms with Crippen molar-refractivity contribution in [2.45, 2.75) is 13.8 Å². The Balaban J connectivity index is 2.06. The summed E-state index contributed by atoms with van der Waals surface area (Å²) >= 11 is 5.92. The number of nitrogens with zero attached hydrogens (tertiary/aromatic N) is 2. The minimum Gasteiger partial charge on any atom is -0.318 e. The molecule has 0 aliphatic carbocycles. The van der Waals surface area contributed by atoms with Crippen molar-refractivity contribution in [1.82, 2.24) is 4.57 Å². The molecule has 0 aliphatic heterocycles. The molecule has 2 nitrogen and oxygen atoms in total. The topological polar surface area (TPSA) is 28.7 Å². The van der Waals surface area contributed by atoms with Crippen molar-refractivity contribution in [2.24, 2.45) is 0 Å². The lowest BCUT2D eigenvalue weighted by atomic mass is 10.0. The maximum Gasteiger partial charge on any atom is 0.123 e. The average Bonchev–Trinajstić information content (AvgIpc) is 2.88. The zero-order valence-corrected chi connectivity index (χ0v) is 14.7. The normalized spacial score (nSPS) is 11.4. The SMILES string of the molecule is Cc1cc(/C=C(/C#N)c2ccc(Cl)cc2)c(C)n1-c1ccc(F)cc1. The van der Waals surface area contributed by atoms with Crippen LogP contribution >= 0.6 is 11.6 Å². The van der Waals surface area contributed by atoms with Gasteiger partial charge in [0.2, 0.25) is 0 Å². The van der Waals surface area contributed by atoms with E-state index < -0.39 is 0 Å². The van der Waals surface area contributed by atoms with Crippen LogP contribution in [0.1, 0.15) is 22.5 Å². The molecule has 0 bridgehead atoms. The van der Waals surface area contributed by atoms with Crippen LogP contribution in [0.25, 0.3) is 17.3 Å². The van der Waals surface area contributed by atoms with Crippen LogP contribution in [0.3, 0.4) is 0 Å². The van der Waals surface area contributed by atoms with Gasteiger partial charge in [-0.05, 0) is 73.5 Å². The Morgan fingerprint density at radius 3 is 2.32 bits per heavy atom. The molecular formula is C21H16ClFN2. The number of benzene rings is 2. The lowest BCUT2D eigenvalue weighted by Crippen LogP contribution is -1.99. The van der Waals surface area contributed by atoms with Gasteiger partial charge in [0.15, 0.2) is 0 Å². The van der Waals surface area contributed by atoms with Crippen molar-refractivity contribution in [2.75, 3.05) is 0 Å². The molecule has 0 fully saturated rings. The molecule has 2 aromatic carbocycles. The van der Waals surface area contributed by atoms with Gasteiger partial charge in [0, 0.05) is 22.1 Å². The summed E-state index contributed by atoms with van der Waals surface area (Å²) in [7, 11) is 0. The van der Waals surface area contributed by atoms with E-state index in [0.29, 0.717) is 10.6 Å². The van der Waals surface area contributed by atoms with E-state index in [0.717, 1.165) is 28.2 Å². The second-order valence-corrected chi connectivity index (χ2v) is 6.25. The highest BCUT2D eigenvalue weighted by Gasteiger charge is 2.11. The fourth-order valence-electron chi connectivity index (χ4n) is 2.89. The Bertz CT molecular complexity index is 974. The van der Waals surface area contributed by atoms with Crippen LogP contribution in [0.5, 0.6) is 0 Å². The molecule has 0 unspecified atom stereocenters. The van der Waals surface area contributed by atoms with Gasteiger partial charge >= 0.3 is 0 Å². The van der Waals surface area contributed by atoms with Gasteiger partial charge in [-0.15, -0.1) is 0 Å². The summed E-state index contributed by atoms with van der Waals surface area (Å²) in [4.78, 5) is 0. The Hall–Kier alpha value is -2.83. The van der Waals surface area contributed by atoms with E-state index in [-0.39, 0.29) is 5.82 Å². The standard InChI is InChI=1S/C21H16ClFN2/c1-14-11-17(12-18(13-24)16-3-5-19(22)6-4-16)15(2)25(14)21-9-7-20(23)8-10-21/h3-12H,1-2H3/b18-12-. The zero-order chi connectivity index (χ0) is 18.0. The van der Waals surface area contributed by atoms with Gasteiger partial charge in [0.05, 0.1) is 11.6 Å². The van der Waals surface area contributed by atoms with Gasteiger partial charge in [-0.3, -0.25) is 0 Å². The van der Waals surface area contributed by atoms with Crippen molar-refractivity contribution in [3.8, 4) is 11.8 Å². The van der Waals surface area contributed by atoms with E-state index in [1.165, 1.54) is 12.1 Å². The van der Waals surface area contributed by atoms with E-state index in [1.807, 2.05) is 42.7 Å². The summed E-state index contributed by atoms with van der Waals surface area (Å²) in [6, 6.07) is 17.8. The summed E-state index contributed by atoms with van der Waals surface area (Å²) < 4.78 is 15.2. The van der Waals surface area contributed by atoms with Gasteiger partial charge in [-0.2, -0.15) is 5.26 Å². The summed E-state index contributed by atoms with van der Waals surface area (Å²) in [6.07, 6.45) is 1.87. The second-order valence-electron chi connectivity index (χ2n) is 5.82. The molecule has 0 amide bonds. The Morgan fingerprint density at radius 1 is 1.08 bits per heavy atom. The second kappa shape index (κ2) is 6.96. The number of hydrogen-bond donors (Lipinski definition) is 0. The van der Waals surface area contributed by atoms with Crippen molar-refractivity contribution in [3.05, 3.63) is 88.0 Å². The van der Waals surface area contributed by atoms with Gasteiger partial charge in [-0.1, -0.05) is 23.7 Å². The molecule has 1 heterocycles. The van der Waals surface area contributed by atoms with Crippen molar-refractivity contribution in [1.29, 1.82) is 5.26 Å². The first-order valence-corrected chi connectivity index (χ1v) is 8.20. The third kappa shape index (κ3) is 3.50. The minimum absolute atomic E-state index is 0.263. The zero-order valence-electron chi connectivity index (χ0n) is 13.9. The number of allylic oxidation sites excluding steroid dienone is 1. The molecule has 0 radical (unpaired) electrons. The minimum atomic E-state index is -0.263. The quantitative estimate of drug-likeness (QED) is 0.536. The average molecular weight is 351 g/mol. The Morgan fingerprint density at radius 2 is 1.72 bits per heavy atom. The van der Waals surface area contributed by atoms with Crippen LogP contribution in [0.4, 0.5) is 4.39 Å². The highest BCUT2D eigenvalue weighted by atomic mass is 35.5. The van der Waals surface area contributed by atoms with E-state index in [4.69, 9.17) is 11.6 Å². The molecule has 124 valence electrons. The Kier molecular flexibility index (Phi) is 4.74. The molecule has 0 aliphatic rings. The lowest BCUT2D eigenvalue weighted by molar-refractivity contribution is 0.627. The summed E-state index contributed by atoms with van der Waals surface area (Å²) in [6.45, 7) is 3.97. The van der Waals surface area contributed by atoms with Gasteiger partial charge in [0.25, 0.3) is 0 Å². The molecule has 25 heavy (non-hydrogen) atoms. The highest BCUT2D eigenvalue weighted by Crippen LogP contribution is 2.26. The third-order valence-corrected chi connectivity index (χ3v) is 4.38. The fourth-order valence-corrected chi connectivity index (χ4v) is 3.01. The van der Waals surface area contributed by atoms with E-state index in [9.17, 15) is 9.65 Å². The maximum atomic E-state index is 13.2. The van der Waals surface area contributed by atoms with E-state index >= 15 is 0 Å². The molecule has 0 saturated heterocycles. The first-order chi connectivity index (χ1) is 12.0. The number of rotatable bonds is 3. The molecule has 0 N–H and O–H groups in total. The smallest absolute Gasteiger partial charge is 0.123 e. The van der Waals surface area contributed by atoms with Crippen LogP contribution in [-0.2, 0) is 0 Å². The predicted octanol–water partition coefficient (Wildman–Crippen LogP) is 5.95. The van der Waals surface area contributed by atoms with Crippen LogP contribution in [0.15, 0.2) is 54.6 Å².